The number of hydrogen-bond donors (Lipinski definition) is 1. The zero-order valence-corrected chi connectivity index (χ0v) is 24.7. The van der Waals surface area contributed by atoms with Gasteiger partial charge in [0.1, 0.15) is 11.6 Å². The highest BCUT2D eigenvalue weighted by molar-refractivity contribution is 5.92. The zero-order chi connectivity index (χ0) is 30.2. The lowest BCUT2D eigenvalue weighted by molar-refractivity contribution is 0.415. The van der Waals surface area contributed by atoms with Crippen molar-refractivity contribution in [2.24, 2.45) is 0 Å². The fourth-order valence-electron chi connectivity index (χ4n) is 5.62. The van der Waals surface area contributed by atoms with Gasteiger partial charge in [-0.2, -0.15) is 0 Å². The van der Waals surface area contributed by atoms with Crippen molar-refractivity contribution in [3.8, 4) is 23.3 Å². The molecule has 5 aromatic carbocycles. The molecule has 0 spiro atoms. The van der Waals surface area contributed by atoms with Crippen LogP contribution in [0.3, 0.4) is 0 Å². The second-order valence-corrected chi connectivity index (χ2v) is 10.9. The van der Waals surface area contributed by atoms with Crippen molar-refractivity contribution in [1.29, 1.82) is 0 Å². The van der Waals surface area contributed by atoms with Crippen LogP contribution in [0.15, 0.2) is 108 Å². The van der Waals surface area contributed by atoms with Crippen LogP contribution in [0.2, 0.25) is 0 Å². The van der Waals surface area contributed by atoms with E-state index in [9.17, 15) is 4.79 Å². The highest BCUT2D eigenvalue weighted by atomic mass is 16.5. The first-order chi connectivity index (χ1) is 21.5. The first-order valence-corrected chi connectivity index (χ1v) is 14.5. The van der Waals surface area contributed by atoms with Crippen LogP contribution in [-0.4, -0.2) is 21.6 Å². The largest absolute Gasteiger partial charge is 0.497 e. The lowest BCUT2D eigenvalue weighted by Gasteiger charge is -2.14. The second-order valence-electron chi connectivity index (χ2n) is 10.9. The molecule has 0 fully saturated rings. The standard InChI is InChI=1S/C39H29N3O2/c1-25-8-13-30-22-28(11-14-29(30)20-25)10-9-27-12-18-37(26(2)21-27)42-38(41-36-7-5-4-6-33(36)39(42)43)19-15-31-24-40-35-17-16-32(44-3)23-34(31)35/h4-8,11-24,40H,1-3H3/b19-15+. The number of benzene rings is 5. The van der Waals surface area contributed by atoms with Crippen molar-refractivity contribution in [2.75, 3.05) is 7.11 Å². The maximum Gasteiger partial charge on any atom is 0.266 e. The first kappa shape index (κ1) is 27.0. The number of hydrogen-bond acceptors (Lipinski definition) is 3. The van der Waals surface area contributed by atoms with Crippen molar-refractivity contribution in [3.63, 3.8) is 0 Å². The third-order valence-corrected chi connectivity index (χ3v) is 7.92. The molecular formula is C39H29N3O2. The molecule has 1 N–H and O–H groups in total. The van der Waals surface area contributed by atoms with E-state index >= 15 is 0 Å². The molecule has 5 nitrogen and oxygen atoms in total. The van der Waals surface area contributed by atoms with Gasteiger partial charge in [0.15, 0.2) is 0 Å². The molecule has 0 atom stereocenters. The van der Waals surface area contributed by atoms with Crippen LogP contribution < -0.4 is 10.3 Å². The molecule has 0 unspecified atom stereocenters. The van der Waals surface area contributed by atoms with Gasteiger partial charge in [0.25, 0.3) is 5.56 Å². The minimum absolute atomic E-state index is 0.121. The van der Waals surface area contributed by atoms with Crippen molar-refractivity contribution in [1.82, 2.24) is 14.5 Å². The SMILES string of the molecule is COc1ccc2[nH]cc(/C=C/c3nc4ccccc4c(=O)n3-c3ccc(C#Cc4ccc5cc(C)ccc5c4)cc3C)c2c1. The monoisotopic (exact) mass is 571 g/mol. The van der Waals surface area contributed by atoms with Crippen LogP contribution in [-0.2, 0) is 0 Å². The quantitative estimate of drug-likeness (QED) is 0.217. The van der Waals surface area contributed by atoms with Gasteiger partial charge in [-0.3, -0.25) is 9.36 Å². The summed E-state index contributed by atoms with van der Waals surface area (Å²) in [4.78, 5) is 22.1. The molecule has 0 saturated heterocycles. The van der Waals surface area contributed by atoms with Crippen LogP contribution in [0.5, 0.6) is 5.75 Å². The molecule has 0 bridgehead atoms. The molecular weight excluding hydrogens is 542 g/mol. The van der Waals surface area contributed by atoms with E-state index in [4.69, 9.17) is 9.72 Å². The molecule has 212 valence electrons. The maximum absolute atomic E-state index is 13.9. The van der Waals surface area contributed by atoms with E-state index < -0.39 is 0 Å². The molecule has 0 aliphatic heterocycles. The number of H-pyrrole nitrogens is 1. The first-order valence-electron chi connectivity index (χ1n) is 14.5. The molecule has 0 aliphatic rings. The normalized spacial score (nSPS) is 11.3. The molecule has 7 rings (SSSR count). The molecule has 0 amide bonds. The Morgan fingerprint density at radius 1 is 0.795 bits per heavy atom. The van der Waals surface area contributed by atoms with Gasteiger partial charge < -0.3 is 9.72 Å². The van der Waals surface area contributed by atoms with Gasteiger partial charge in [-0.1, -0.05) is 53.8 Å². The average Bonchev–Trinajstić information content (AvgIpc) is 3.45. The fourth-order valence-corrected chi connectivity index (χ4v) is 5.62. The van der Waals surface area contributed by atoms with E-state index in [1.165, 1.54) is 16.3 Å². The van der Waals surface area contributed by atoms with Gasteiger partial charge in [0, 0.05) is 33.8 Å². The van der Waals surface area contributed by atoms with Crippen LogP contribution in [0, 0.1) is 25.7 Å². The Bertz CT molecular complexity index is 2380. The summed E-state index contributed by atoms with van der Waals surface area (Å²) >= 11 is 0. The topological polar surface area (TPSA) is 59.9 Å². The van der Waals surface area contributed by atoms with E-state index in [-0.39, 0.29) is 5.56 Å². The van der Waals surface area contributed by atoms with Crippen LogP contribution in [0.4, 0.5) is 0 Å². The third kappa shape index (κ3) is 5.04. The van der Waals surface area contributed by atoms with Gasteiger partial charge in [-0.15, -0.1) is 0 Å². The Kier molecular flexibility index (Phi) is 6.81. The predicted octanol–water partition coefficient (Wildman–Crippen LogP) is 8.22. The summed E-state index contributed by atoms with van der Waals surface area (Å²) in [6, 6.07) is 32.0. The summed E-state index contributed by atoms with van der Waals surface area (Å²) in [6.07, 6.45) is 5.81. The molecule has 0 aliphatic carbocycles. The lowest BCUT2D eigenvalue weighted by atomic mass is 10.0. The molecule has 5 heteroatoms. The molecule has 2 aromatic heterocycles. The Labute approximate surface area is 255 Å². The Balaban J connectivity index is 1.29. The number of rotatable bonds is 4. The molecule has 44 heavy (non-hydrogen) atoms. The Morgan fingerprint density at radius 3 is 2.41 bits per heavy atom. The van der Waals surface area contributed by atoms with Crippen molar-refractivity contribution < 1.29 is 4.74 Å². The summed E-state index contributed by atoms with van der Waals surface area (Å²) in [5.74, 6) is 7.93. The van der Waals surface area contributed by atoms with E-state index in [1.807, 2.05) is 85.9 Å². The minimum atomic E-state index is -0.121. The number of aryl methyl sites for hydroxylation is 2. The second kappa shape index (κ2) is 11.1. The Hall–Kier alpha value is -5.86. The van der Waals surface area contributed by atoms with Crippen molar-refractivity contribution in [3.05, 3.63) is 147 Å². The highest BCUT2D eigenvalue weighted by Crippen LogP contribution is 2.26. The number of nitrogens with one attached hydrogen (secondary N) is 1. The van der Waals surface area contributed by atoms with E-state index in [0.717, 1.165) is 44.6 Å². The maximum atomic E-state index is 13.9. The number of ether oxygens (including phenoxy) is 1. The summed E-state index contributed by atoms with van der Waals surface area (Å²) in [7, 11) is 1.66. The van der Waals surface area contributed by atoms with E-state index in [0.29, 0.717) is 16.7 Å². The zero-order valence-electron chi connectivity index (χ0n) is 24.7. The molecule has 2 heterocycles. The van der Waals surface area contributed by atoms with Gasteiger partial charge in [0.2, 0.25) is 0 Å². The number of aromatic amines is 1. The fraction of sp³-hybridized carbons (Fsp3) is 0.0769. The number of para-hydroxylation sites is 1. The van der Waals surface area contributed by atoms with E-state index in [2.05, 4.69) is 60.1 Å². The van der Waals surface area contributed by atoms with E-state index in [1.54, 1.807) is 11.7 Å². The minimum Gasteiger partial charge on any atom is -0.497 e. The van der Waals surface area contributed by atoms with Crippen LogP contribution >= 0.6 is 0 Å². The lowest BCUT2D eigenvalue weighted by Crippen LogP contribution is -2.23. The van der Waals surface area contributed by atoms with Crippen LogP contribution in [0.25, 0.3) is 50.4 Å². The van der Waals surface area contributed by atoms with Gasteiger partial charge in [0.05, 0.1) is 23.7 Å². The van der Waals surface area contributed by atoms with Crippen molar-refractivity contribution >= 4 is 44.7 Å². The smallest absolute Gasteiger partial charge is 0.266 e. The third-order valence-electron chi connectivity index (χ3n) is 7.92. The van der Waals surface area contributed by atoms with Gasteiger partial charge >= 0.3 is 0 Å². The number of aromatic nitrogens is 3. The van der Waals surface area contributed by atoms with Gasteiger partial charge in [-0.25, -0.2) is 4.98 Å². The Morgan fingerprint density at radius 2 is 1.57 bits per heavy atom. The van der Waals surface area contributed by atoms with Crippen molar-refractivity contribution in [2.45, 2.75) is 13.8 Å². The number of methoxy groups -OCH3 is 1. The molecule has 0 saturated carbocycles. The molecule has 0 radical (unpaired) electrons. The highest BCUT2D eigenvalue weighted by Gasteiger charge is 2.13. The average molecular weight is 572 g/mol. The van der Waals surface area contributed by atoms with Crippen LogP contribution in [0.1, 0.15) is 33.6 Å². The summed E-state index contributed by atoms with van der Waals surface area (Å²) < 4.78 is 7.12. The summed E-state index contributed by atoms with van der Waals surface area (Å²) in [5.41, 5.74) is 7.27. The summed E-state index contributed by atoms with van der Waals surface area (Å²) in [6.45, 7) is 4.10. The predicted molar refractivity (Wildman–Crippen MR) is 181 cm³/mol. The van der Waals surface area contributed by atoms with Gasteiger partial charge in [-0.05, 0) is 103 Å². The molecule has 7 aromatic rings. The number of nitrogens with zero attached hydrogens (tertiary/aromatic N) is 2. The number of fused-ring (bicyclic) bond motifs is 3. The summed E-state index contributed by atoms with van der Waals surface area (Å²) in [5, 5.41) is 3.97.